The third kappa shape index (κ3) is 4.89. The van der Waals surface area contributed by atoms with Crippen molar-refractivity contribution in [3.05, 3.63) is 59.2 Å². The number of amides is 2. The van der Waals surface area contributed by atoms with E-state index in [1.807, 2.05) is 0 Å². The number of sulfonamides is 1. The lowest BCUT2D eigenvalue weighted by Gasteiger charge is -2.34. The van der Waals surface area contributed by atoms with Crippen molar-refractivity contribution in [2.75, 3.05) is 18.4 Å². The number of rotatable bonds is 5. The maximum absolute atomic E-state index is 14.0. The SMILES string of the molecule is CC1CN(S(=O)(=O)c2ccc(C(=O)Nc3cc(C(N)=O)c(F)cc3F)cc2)CC(C)O1. The first-order chi connectivity index (χ1) is 14.5. The first kappa shape index (κ1) is 22.8. The second-order valence-electron chi connectivity index (χ2n) is 7.23. The minimum atomic E-state index is -3.79. The fraction of sp³-hybridized carbons (Fsp3) is 0.300. The van der Waals surface area contributed by atoms with Gasteiger partial charge in [0.15, 0.2) is 0 Å². The fourth-order valence-corrected chi connectivity index (χ4v) is 4.87. The van der Waals surface area contributed by atoms with Crippen LogP contribution in [-0.4, -0.2) is 49.8 Å². The summed E-state index contributed by atoms with van der Waals surface area (Å²) in [5.41, 5.74) is 4.05. The molecule has 2 aromatic carbocycles. The minimum Gasteiger partial charge on any atom is -0.373 e. The lowest BCUT2D eigenvalue weighted by molar-refractivity contribution is -0.0440. The summed E-state index contributed by atoms with van der Waals surface area (Å²) in [5, 5.41) is 2.22. The number of anilines is 1. The van der Waals surface area contributed by atoms with Crippen molar-refractivity contribution in [3.8, 4) is 0 Å². The van der Waals surface area contributed by atoms with Gasteiger partial charge in [-0.3, -0.25) is 9.59 Å². The van der Waals surface area contributed by atoms with E-state index < -0.39 is 44.7 Å². The summed E-state index contributed by atoms with van der Waals surface area (Å²) in [6, 6.07) is 6.31. The highest BCUT2D eigenvalue weighted by molar-refractivity contribution is 7.89. The van der Waals surface area contributed by atoms with Gasteiger partial charge in [0.1, 0.15) is 11.6 Å². The van der Waals surface area contributed by atoms with Crippen LogP contribution in [-0.2, 0) is 14.8 Å². The van der Waals surface area contributed by atoms with Gasteiger partial charge in [-0.1, -0.05) is 0 Å². The van der Waals surface area contributed by atoms with Gasteiger partial charge in [-0.05, 0) is 44.2 Å². The molecule has 2 amide bonds. The minimum absolute atomic E-state index is 0.00525. The number of carbonyl (C=O) groups excluding carboxylic acids is 2. The van der Waals surface area contributed by atoms with Gasteiger partial charge in [0.2, 0.25) is 10.0 Å². The molecule has 0 radical (unpaired) electrons. The van der Waals surface area contributed by atoms with Gasteiger partial charge in [0.25, 0.3) is 11.8 Å². The van der Waals surface area contributed by atoms with Crippen molar-refractivity contribution in [3.63, 3.8) is 0 Å². The predicted molar refractivity (Wildman–Crippen MR) is 108 cm³/mol. The largest absolute Gasteiger partial charge is 0.373 e. The van der Waals surface area contributed by atoms with Crippen molar-refractivity contribution in [2.45, 2.75) is 31.0 Å². The van der Waals surface area contributed by atoms with Crippen molar-refractivity contribution in [1.29, 1.82) is 0 Å². The smallest absolute Gasteiger partial charge is 0.255 e. The first-order valence-electron chi connectivity index (χ1n) is 9.35. The molecule has 8 nitrogen and oxygen atoms in total. The van der Waals surface area contributed by atoms with Crippen LogP contribution < -0.4 is 11.1 Å². The zero-order chi connectivity index (χ0) is 22.9. The molecular weight excluding hydrogens is 432 g/mol. The molecule has 1 aliphatic heterocycles. The molecule has 3 N–H and O–H groups in total. The Bertz CT molecular complexity index is 1110. The molecule has 2 atom stereocenters. The molecule has 1 heterocycles. The van der Waals surface area contributed by atoms with Gasteiger partial charge in [-0.25, -0.2) is 17.2 Å². The van der Waals surface area contributed by atoms with E-state index in [2.05, 4.69) is 5.32 Å². The number of hydrogen-bond donors (Lipinski definition) is 2. The van der Waals surface area contributed by atoms with E-state index in [1.54, 1.807) is 13.8 Å². The highest BCUT2D eigenvalue weighted by Gasteiger charge is 2.32. The summed E-state index contributed by atoms with van der Waals surface area (Å²) in [4.78, 5) is 23.6. The third-order valence-electron chi connectivity index (χ3n) is 4.71. The van der Waals surface area contributed by atoms with Gasteiger partial charge in [0, 0.05) is 24.7 Å². The number of nitrogens with zero attached hydrogens (tertiary/aromatic N) is 1. The monoisotopic (exact) mass is 453 g/mol. The van der Waals surface area contributed by atoms with Crippen molar-refractivity contribution >= 4 is 27.5 Å². The topological polar surface area (TPSA) is 119 Å². The molecule has 31 heavy (non-hydrogen) atoms. The molecule has 11 heteroatoms. The van der Waals surface area contributed by atoms with Gasteiger partial charge >= 0.3 is 0 Å². The second kappa shape index (κ2) is 8.69. The number of primary amides is 1. The molecule has 0 spiro atoms. The molecule has 2 unspecified atom stereocenters. The summed E-state index contributed by atoms with van der Waals surface area (Å²) in [7, 11) is -3.79. The van der Waals surface area contributed by atoms with Crippen LogP contribution in [0.2, 0.25) is 0 Å². The van der Waals surface area contributed by atoms with Gasteiger partial charge in [-0.15, -0.1) is 0 Å². The Balaban J connectivity index is 1.79. The Morgan fingerprint density at radius 2 is 1.65 bits per heavy atom. The number of benzene rings is 2. The predicted octanol–water partition coefficient (Wildman–Crippen LogP) is 2.11. The summed E-state index contributed by atoms with van der Waals surface area (Å²) in [6.45, 7) is 3.98. The second-order valence-corrected chi connectivity index (χ2v) is 9.17. The highest BCUT2D eigenvalue weighted by atomic mass is 32.2. The maximum Gasteiger partial charge on any atom is 0.255 e. The van der Waals surface area contributed by atoms with E-state index in [4.69, 9.17) is 10.5 Å². The Hall–Kier alpha value is -2.89. The van der Waals surface area contributed by atoms with Gasteiger partial charge in [0.05, 0.1) is 28.4 Å². The zero-order valence-corrected chi connectivity index (χ0v) is 17.6. The molecular formula is C20H21F2N3O5S. The van der Waals surface area contributed by atoms with Crippen LogP contribution in [0.15, 0.2) is 41.3 Å². The quantitative estimate of drug-likeness (QED) is 0.719. The number of nitrogens with two attached hydrogens (primary N) is 1. The lowest BCUT2D eigenvalue weighted by Crippen LogP contribution is -2.48. The van der Waals surface area contributed by atoms with E-state index in [-0.39, 0.29) is 35.8 Å². The number of morpholine rings is 1. The average Bonchev–Trinajstić information content (AvgIpc) is 2.69. The maximum atomic E-state index is 14.0. The van der Waals surface area contributed by atoms with Crippen LogP contribution in [0.4, 0.5) is 14.5 Å². The third-order valence-corrected chi connectivity index (χ3v) is 6.56. The summed E-state index contributed by atoms with van der Waals surface area (Å²) in [5.74, 6) is -4.14. The number of hydrogen-bond acceptors (Lipinski definition) is 5. The van der Waals surface area contributed by atoms with Crippen molar-refractivity contribution < 1.29 is 31.5 Å². The lowest BCUT2D eigenvalue weighted by atomic mass is 10.1. The van der Waals surface area contributed by atoms with Crippen LogP contribution in [0.3, 0.4) is 0 Å². The van der Waals surface area contributed by atoms with E-state index in [0.29, 0.717) is 6.07 Å². The molecule has 3 rings (SSSR count). The van der Waals surface area contributed by atoms with E-state index >= 15 is 0 Å². The van der Waals surface area contributed by atoms with Crippen LogP contribution >= 0.6 is 0 Å². The zero-order valence-electron chi connectivity index (χ0n) is 16.8. The number of carbonyl (C=O) groups is 2. The van der Waals surface area contributed by atoms with Crippen LogP contribution in [0, 0.1) is 11.6 Å². The van der Waals surface area contributed by atoms with Crippen molar-refractivity contribution in [1.82, 2.24) is 4.31 Å². The molecule has 2 aromatic rings. The standard InChI is InChI=1S/C20H21F2N3O5S/c1-11-9-25(10-12(2)30-11)31(28,29)14-5-3-13(4-6-14)20(27)24-18-7-15(19(23)26)16(21)8-17(18)22/h3-8,11-12H,9-10H2,1-2H3,(H2,23,26)(H,24,27). The molecule has 166 valence electrons. The van der Waals surface area contributed by atoms with Gasteiger partial charge < -0.3 is 15.8 Å². The molecule has 1 fully saturated rings. The Kier molecular flexibility index (Phi) is 6.39. The number of nitrogens with one attached hydrogen (secondary N) is 1. The first-order valence-corrected chi connectivity index (χ1v) is 10.8. The Morgan fingerprint density at radius 1 is 1.06 bits per heavy atom. The molecule has 0 aliphatic carbocycles. The Morgan fingerprint density at radius 3 is 2.19 bits per heavy atom. The normalized spacial score (nSPS) is 19.7. The molecule has 0 bridgehead atoms. The van der Waals surface area contributed by atoms with E-state index in [9.17, 15) is 26.8 Å². The molecule has 0 aromatic heterocycles. The van der Waals surface area contributed by atoms with Gasteiger partial charge in [-0.2, -0.15) is 4.31 Å². The number of halogens is 2. The highest BCUT2D eigenvalue weighted by Crippen LogP contribution is 2.23. The molecule has 1 aliphatic rings. The van der Waals surface area contributed by atoms with E-state index in [0.717, 1.165) is 6.07 Å². The fourth-order valence-electron chi connectivity index (χ4n) is 3.28. The van der Waals surface area contributed by atoms with Crippen LogP contribution in [0.25, 0.3) is 0 Å². The number of ether oxygens (including phenoxy) is 1. The van der Waals surface area contributed by atoms with Crippen LogP contribution in [0.1, 0.15) is 34.6 Å². The molecule has 0 saturated carbocycles. The summed E-state index contributed by atoms with van der Waals surface area (Å²) < 4.78 is 60.1. The molecule has 1 saturated heterocycles. The van der Waals surface area contributed by atoms with E-state index in [1.165, 1.54) is 28.6 Å². The van der Waals surface area contributed by atoms with Crippen LogP contribution in [0.5, 0.6) is 0 Å². The Labute approximate surface area is 178 Å². The summed E-state index contributed by atoms with van der Waals surface area (Å²) >= 11 is 0. The van der Waals surface area contributed by atoms with Crippen molar-refractivity contribution in [2.24, 2.45) is 5.73 Å². The average molecular weight is 453 g/mol. The summed E-state index contributed by atoms with van der Waals surface area (Å²) in [6.07, 6.45) is -0.501.